The molecule has 2 rings (SSSR count). The lowest BCUT2D eigenvalue weighted by molar-refractivity contribution is -0.137. The van der Waals surface area contributed by atoms with E-state index in [0.717, 1.165) is 17.7 Å². The number of carbonyl (C=O) groups is 3. The van der Waals surface area contributed by atoms with Crippen molar-refractivity contribution in [2.24, 2.45) is 0 Å². The van der Waals surface area contributed by atoms with Crippen molar-refractivity contribution >= 4 is 23.5 Å². The van der Waals surface area contributed by atoms with E-state index in [2.05, 4.69) is 5.32 Å². The van der Waals surface area contributed by atoms with Crippen LogP contribution in [0.5, 0.6) is 0 Å². The predicted molar refractivity (Wildman–Crippen MR) is 103 cm³/mol. The molecular formula is C21H22N2O4. The highest BCUT2D eigenvalue weighted by molar-refractivity contribution is 6.03. The second-order valence-electron chi connectivity index (χ2n) is 5.80. The van der Waals surface area contributed by atoms with Gasteiger partial charge in [-0.3, -0.25) is 9.59 Å². The number of anilines is 1. The Balaban J connectivity index is 2.00. The highest BCUT2D eigenvalue weighted by Crippen LogP contribution is 2.14. The summed E-state index contributed by atoms with van der Waals surface area (Å²) < 4.78 is 4.71. The summed E-state index contributed by atoms with van der Waals surface area (Å²) >= 11 is 0. The second kappa shape index (κ2) is 9.91. The second-order valence-corrected chi connectivity index (χ2v) is 5.80. The van der Waals surface area contributed by atoms with E-state index >= 15 is 0 Å². The number of ether oxygens (including phenoxy) is 1. The van der Waals surface area contributed by atoms with Crippen LogP contribution in [-0.4, -0.2) is 36.3 Å². The maximum atomic E-state index is 12.6. The van der Waals surface area contributed by atoms with Crippen LogP contribution in [0.4, 0.5) is 5.69 Å². The Morgan fingerprint density at radius 3 is 2.48 bits per heavy atom. The Morgan fingerprint density at radius 2 is 1.78 bits per heavy atom. The average Bonchev–Trinajstić information content (AvgIpc) is 2.67. The Hall–Kier alpha value is -3.41. The van der Waals surface area contributed by atoms with E-state index in [-0.39, 0.29) is 12.5 Å². The molecule has 0 bridgehead atoms. The van der Waals surface area contributed by atoms with E-state index < -0.39 is 11.9 Å². The van der Waals surface area contributed by atoms with Crippen molar-refractivity contribution in [1.29, 1.82) is 0 Å². The van der Waals surface area contributed by atoms with Crippen molar-refractivity contribution in [3.63, 3.8) is 0 Å². The minimum atomic E-state index is -0.584. The highest BCUT2D eigenvalue weighted by atomic mass is 16.5. The Morgan fingerprint density at radius 1 is 1.04 bits per heavy atom. The van der Waals surface area contributed by atoms with E-state index in [9.17, 15) is 14.4 Å². The molecule has 2 amide bonds. The van der Waals surface area contributed by atoms with Gasteiger partial charge in [-0.05, 0) is 30.7 Å². The Kier molecular flexibility index (Phi) is 7.31. The van der Waals surface area contributed by atoms with Crippen LogP contribution in [0, 0.1) is 0 Å². The third-order valence-corrected chi connectivity index (χ3v) is 3.64. The zero-order chi connectivity index (χ0) is 19.6. The molecule has 0 saturated heterocycles. The molecule has 0 aliphatic carbocycles. The fourth-order valence-corrected chi connectivity index (χ4v) is 2.40. The number of rotatable bonds is 7. The molecule has 0 spiro atoms. The number of hydrogen-bond donors (Lipinski definition) is 1. The number of esters is 1. The number of amides is 2. The van der Waals surface area contributed by atoms with Crippen molar-refractivity contribution in [2.75, 3.05) is 19.0 Å². The molecule has 0 fully saturated rings. The van der Waals surface area contributed by atoms with Crippen LogP contribution in [-0.2, 0) is 20.9 Å². The van der Waals surface area contributed by atoms with Crippen LogP contribution in [0.3, 0.4) is 0 Å². The lowest BCUT2D eigenvalue weighted by atomic mass is 10.1. The van der Waals surface area contributed by atoms with E-state index in [4.69, 9.17) is 4.74 Å². The molecule has 0 aliphatic rings. The van der Waals surface area contributed by atoms with Gasteiger partial charge in [-0.25, -0.2) is 4.79 Å². The van der Waals surface area contributed by atoms with Crippen molar-refractivity contribution in [3.8, 4) is 0 Å². The molecule has 0 aliphatic heterocycles. The van der Waals surface area contributed by atoms with Crippen molar-refractivity contribution in [1.82, 2.24) is 4.90 Å². The maximum Gasteiger partial charge on any atom is 0.330 e. The first kappa shape index (κ1) is 19.9. The molecule has 2 aromatic carbocycles. The van der Waals surface area contributed by atoms with Gasteiger partial charge in [0.1, 0.15) is 0 Å². The largest absolute Gasteiger partial charge is 0.463 e. The van der Waals surface area contributed by atoms with E-state index in [0.29, 0.717) is 17.8 Å². The van der Waals surface area contributed by atoms with Crippen LogP contribution < -0.4 is 5.32 Å². The number of hydrogen-bond acceptors (Lipinski definition) is 4. The summed E-state index contributed by atoms with van der Waals surface area (Å²) in [7, 11) is 1.72. The summed E-state index contributed by atoms with van der Waals surface area (Å²) in [6.07, 6.45) is 2.15. The minimum Gasteiger partial charge on any atom is -0.463 e. The average molecular weight is 366 g/mol. The van der Waals surface area contributed by atoms with Crippen molar-refractivity contribution in [2.45, 2.75) is 13.5 Å². The van der Waals surface area contributed by atoms with Gasteiger partial charge < -0.3 is 15.0 Å². The first-order valence-corrected chi connectivity index (χ1v) is 8.55. The summed E-state index contributed by atoms with van der Waals surface area (Å²) in [5.41, 5.74) is 1.95. The Labute approximate surface area is 158 Å². The maximum absolute atomic E-state index is 12.6. The van der Waals surface area contributed by atoms with Crippen LogP contribution in [0.2, 0.25) is 0 Å². The smallest absolute Gasteiger partial charge is 0.330 e. The van der Waals surface area contributed by atoms with Gasteiger partial charge in [-0.15, -0.1) is 0 Å². The first-order valence-electron chi connectivity index (χ1n) is 8.55. The van der Waals surface area contributed by atoms with E-state index in [1.807, 2.05) is 30.3 Å². The molecular weight excluding hydrogens is 344 g/mol. The van der Waals surface area contributed by atoms with Gasteiger partial charge >= 0.3 is 5.97 Å². The van der Waals surface area contributed by atoms with Gasteiger partial charge in [0.15, 0.2) is 0 Å². The third-order valence-electron chi connectivity index (χ3n) is 3.64. The SMILES string of the molecule is CCOC(=O)/C=C/C(=O)Nc1cccc(C(=O)N(C)Cc2ccccc2)c1. The van der Waals surface area contributed by atoms with E-state index in [1.165, 1.54) is 0 Å². The highest BCUT2D eigenvalue weighted by Gasteiger charge is 2.13. The molecule has 0 unspecified atom stereocenters. The molecule has 0 atom stereocenters. The summed E-state index contributed by atoms with van der Waals surface area (Å²) in [4.78, 5) is 37.3. The lowest BCUT2D eigenvalue weighted by Gasteiger charge is -2.17. The predicted octanol–water partition coefficient (Wildman–Crippen LogP) is 3.02. The summed E-state index contributed by atoms with van der Waals surface area (Å²) in [6.45, 7) is 2.41. The van der Waals surface area contributed by atoms with Gasteiger partial charge in [0.25, 0.3) is 5.91 Å². The zero-order valence-electron chi connectivity index (χ0n) is 15.3. The van der Waals surface area contributed by atoms with Crippen molar-refractivity contribution in [3.05, 3.63) is 77.9 Å². The number of nitrogens with zero attached hydrogens (tertiary/aromatic N) is 1. The molecule has 0 heterocycles. The molecule has 0 radical (unpaired) electrons. The number of benzene rings is 2. The Bertz CT molecular complexity index is 831. The summed E-state index contributed by atoms with van der Waals surface area (Å²) in [5, 5.41) is 2.62. The quantitative estimate of drug-likeness (QED) is 0.604. The van der Waals surface area contributed by atoms with Crippen LogP contribution >= 0.6 is 0 Å². The normalized spacial score (nSPS) is 10.4. The van der Waals surface area contributed by atoms with Gasteiger partial charge in [0, 0.05) is 37.0 Å². The molecule has 0 aromatic heterocycles. The molecule has 2 aromatic rings. The minimum absolute atomic E-state index is 0.156. The van der Waals surface area contributed by atoms with Gasteiger partial charge in [-0.1, -0.05) is 36.4 Å². The van der Waals surface area contributed by atoms with Gasteiger partial charge in [-0.2, -0.15) is 0 Å². The van der Waals surface area contributed by atoms with E-state index in [1.54, 1.807) is 43.1 Å². The third kappa shape index (κ3) is 6.43. The van der Waals surface area contributed by atoms with Crippen molar-refractivity contribution < 1.29 is 19.1 Å². The molecule has 140 valence electrons. The molecule has 6 nitrogen and oxygen atoms in total. The molecule has 27 heavy (non-hydrogen) atoms. The first-order chi connectivity index (χ1) is 13.0. The van der Waals surface area contributed by atoms with Crippen LogP contribution in [0.15, 0.2) is 66.7 Å². The zero-order valence-corrected chi connectivity index (χ0v) is 15.3. The molecule has 1 N–H and O–H groups in total. The summed E-state index contributed by atoms with van der Waals surface area (Å²) in [5.74, 6) is -1.22. The summed E-state index contributed by atoms with van der Waals surface area (Å²) in [6, 6.07) is 16.3. The topological polar surface area (TPSA) is 75.7 Å². The van der Waals surface area contributed by atoms with Crippen LogP contribution in [0.1, 0.15) is 22.8 Å². The standard InChI is InChI=1S/C21H22N2O4/c1-3-27-20(25)13-12-19(24)22-18-11-7-10-17(14-18)21(26)23(2)15-16-8-5-4-6-9-16/h4-14H,3,15H2,1-2H3,(H,22,24)/b13-12+. The molecule has 0 saturated carbocycles. The number of nitrogens with one attached hydrogen (secondary N) is 1. The lowest BCUT2D eigenvalue weighted by Crippen LogP contribution is -2.26. The number of carbonyl (C=O) groups excluding carboxylic acids is 3. The van der Waals surface area contributed by atoms with Gasteiger partial charge in [0.05, 0.1) is 6.61 Å². The van der Waals surface area contributed by atoms with Crippen LogP contribution in [0.25, 0.3) is 0 Å². The monoisotopic (exact) mass is 366 g/mol. The fourth-order valence-electron chi connectivity index (χ4n) is 2.40. The molecule has 6 heteroatoms. The van der Waals surface area contributed by atoms with Gasteiger partial charge in [0.2, 0.25) is 5.91 Å². The fraction of sp³-hybridized carbons (Fsp3) is 0.190.